The van der Waals surface area contributed by atoms with Crippen LogP contribution in [0.25, 0.3) is 10.4 Å². The molecule has 35 heavy (non-hydrogen) atoms. The fourth-order valence-corrected chi connectivity index (χ4v) is 4.61. The van der Waals surface area contributed by atoms with Crippen molar-refractivity contribution in [3.63, 3.8) is 0 Å². The van der Waals surface area contributed by atoms with Crippen LogP contribution in [-0.4, -0.2) is 70.2 Å². The number of carbonyl (C=O) groups excluding carboxylic acids is 1. The summed E-state index contributed by atoms with van der Waals surface area (Å²) in [5.74, 6) is -0.675. The van der Waals surface area contributed by atoms with Gasteiger partial charge in [-0.15, -0.1) is 11.3 Å². The van der Waals surface area contributed by atoms with Gasteiger partial charge in [0.25, 0.3) is 0 Å². The molecule has 0 unspecified atom stereocenters. The number of thiophene rings is 1. The van der Waals surface area contributed by atoms with Crippen LogP contribution in [0.15, 0.2) is 58.1 Å². The Kier molecular flexibility index (Phi) is 10.0. The van der Waals surface area contributed by atoms with Gasteiger partial charge in [-0.25, -0.2) is 8.42 Å². The molecule has 2 rings (SSSR count). The average Bonchev–Trinajstić information content (AvgIpc) is 3.28. The van der Waals surface area contributed by atoms with Gasteiger partial charge >= 0.3 is 12.1 Å². The fraction of sp³-hybridized carbons (Fsp3) is 0.391. The third-order valence-corrected chi connectivity index (χ3v) is 7.24. The largest absolute Gasteiger partial charge is 0.463 e. The van der Waals surface area contributed by atoms with Crippen LogP contribution in [0.3, 0.4) is 0 Å². The molecule has 0 aliphatic heterocycles. The molecule has 0 saturated carbocycles. The van der Waals surface area contributed by atoms with Crippen molar-refractivity contribution in [2.75, 3.05) is 39.0 Å². The summed E-state index contributed by atoms with van der Waals surface area (Å²) in [4.78, 5) is 19.2. The van der Waals surface area contributed by atoms with E-state index in [0.29, 0.717) is 27.9 Å². The van der Waals surface area contributed by atoms with Gasteiger partial charge in [0.1, 0.15) is 18.8 Å². The van der Waals surface area contributed by atoms with Crippen LogP contribution in [-0.2, 0) is 19.4 Å². The van der Waals surface area contributed by atoms with Crippen molar-refractivity contribution in [1.29, 1.82) is 0 Å². The molecule has 1 aromatic heterocycles. The number of carbonyl (C=O) groups is 1. The maximum absolute atomic E-state index is 13.1. The molecule has 0 aliphatic carbocycles. The summed E-state index contributed by atoms with van der Waals surface area (Å²) >= 11 is 1.09. The molecule has 2 aromatic rings. The molecule has 1 heterocycles. The number of sulfone groups is 1. The molecular weight excluding hydrogens is 503 g/mol. The van der Waals surface area contributed by atoms with Crippen LogP contribution in [0.5, 0.6) is 0 Å². The highest BCUT2D eigenvalue weighted by Crippen LogP contribution is 2.31. The van der Waals surface area contributed by atoms with Crippen LogP contribution in [0, 0.1) is 0 Å². The highest BCUT2D eigenvalue weighted by atomic mass is 32.2. The second kappa shape index (κ2) is 12.3. The van der Waals surface area contributed by atoms with Crippen molar-refractivity contribution < 1.29 is 31.1 Å². The first-order chi connectivity index (χ1) is 16.3. The lowest BCUT2D eigenvalue weighted by Crippen LogP contribution is -2.28. The number of ether oxygens (including phenoxy) is 1. The Hall–Kier alpha value is -2.70. The zero-order valence-electron chi connectivity index (χ0n) is 19.6. The average molecular weight is 532 g/mol. The Bertz CT molecular complexity index is 1180. The maximum Gasteiger partial charge on any atom is 0.430 e. The van der Waals surface area contributed by atoms with Gasteiger partial charge in [0, 0.05) is 17.7 Å². The zero-order chi connectivity index (χ0) is 26.2. The molecule has 0 radical (unpaired) electrons. The van der Waals surface area contributed by atoms with Gasteiger partial charge in [0.2, 0.25) is 0 Å². The number of nitrogens with two attached hydrogens (primary N) is 1. The smallest absolute Gasteiger partial charge is 0.430 e. The van der Waals surface area contributed by atoms with E-state index in [4.69, 9.17) is 10.5 Å². The van der Waals surface area contributed by atoms with Gasteiger partial charge in [-0.05, 0) is 49.0 Å². The van der Waals surface area contributed by atoms with Crippen LogP contribution < -0.4 is 5.73 Å². The van der Waals surface area contributed by atoms with Gasteiger partial charge in [0.05, 0.1) is 15.5 Å². The number of halogens is 3. The molecule has 2 N–H and O–H groups in total. The number of rotatable bonds is 11. The molecule has 0 amide bonds. The van der Waals surface area contributed by atoms with Crippen LogP contribution in [0.2, 0.25) is 0 Å². The monoisotopic (exact) mass is 531 g/mol. The van der Waals surface area contributed by atoms with E-state index >= 15 is 0 Å². The first-order valence-corrected chi connectivity index (χ1v) is 13.4. The summed E-state index contributed by atoms with van der Waals surface area (Å²) in [6.07, 6.45) is -3.01. The number of aliphatic imine (C=N–C) groups is 1. The normalized spacial score (nSPS) is 13.3. The lowest BCUT2D eigenvalue weighted by atomic mass is 10.2. The minimum Gasteiger partial charge on any atom is -0.463 e. The van der Waals surface area contributed by atoms with Crippen LogP contribution in [0.1, 0.15) is 18.7 Å². The van der Waals surface area contributed by atoms with Crippen molar-refractivity contribution in [3.05, 3.63) is 53.0 Å². The van der Waals surface area contributed by atoms with Crippen LogP contribution >= 0.6 is 11.3 Å². The Morgan fingerprint density at radius 2 is 1.89 bits per heavy atom. The first kappa shape index (κ1) is 28.5. The fourth-order valence-electron chi connectivity index (χ4n) is 2.96. The molecule has 192 valence electrons. The molecule has 0 saturated heterocycles. The number of benzene rings is 1. The third-order valence-electron chi connectivity index (χ3n) is 4.97. The van der Waals surface area contributed by atoms with Gasteiger partial charge < -0.3 is 15.4 Å². The summed E-state index contributed by atoms with van der Waals surface area (Å²) in [6.45, 7) is 5.75. The zero-order valence-corrected chi connectivity index (χ0v) is 21.3. The molecule has 0 spiro atoms. The van der Waals surface area contributed by atoms with Gasteiger partial charge in [0.15, 0.2) is 9.84 Å². The number of likely N-dealkylation sites (N-methyl/N-ethyl adjacent to an activating group) is 1. The van der Waals surface area contributed by atoms with E-state index in [1.807, 2.05) is 13.8 Å². The minimum atomic E-state index is -4.77. The van der Waals surface area contributed by atoms with E-state index in [2.05, 4.69) is 9.89 Å². The number of nitrogens with zero attached hydrogens (tertiary/aromatic N) is 2. The molecule has 7 nitrogen and oxygen atoms in total. The van der Waals surface area contributed by atoms with Crippen molar-refractivity contribution in [2.45, 2.75) is 24.9 Å². The summed E-state index contributed by atoms with van der Waals surface area (Å²) in [5, 5.41) is 0. The summed E-state index contributed by atoms with van der Waals surface area (Å²) < 4.78 is 68.0. The molecular formula is C23H28F3N3O4S2. The van der Waals surface area contributed by atoms with Crippen molar-refractivity contribution in [3.8, 4) is 10.4 Å². The van der Waals surface area contributed by atoms with E-state index < -0.39 is 34.2 Å². The Morgan fingerprint density at radius 3 is 2.49 bits per heavy atom. The van der Waals surface area contributed by atoms with Gasteiger partial charge in [-0.3, -0.25) is 9.79 Å². The van der Waals surface area contributed by atoms with Gasteiger partial charge in [-0.2, -0.15) is 13.2 Å². The van der Waals surface area contributed by atoms with E-state index in [1.165, 1.54) is 18.2 Å². The molecule has 0 aliphatic rings. The summed E-state index contributed by atoms with van der Waals surface area (Å²) in [5.41, 5.74) is 4.28. The lowest BCUT2D eigenvalue weighted by molar-refractivity contribution is -0.142. The SMILES string of the molecule is CCN(CC)CCOC(=O)CN=C(C=C(N)C(F)(F)F)c1ccc(-c2cccc(S(C)(=O)=O)c2)s1. The Morgan fingerprint density at radius 1 is 1.20 bits per heavy atom. The van der Waals surface area contributed by atoms with E-state index in [1.54, 1.807) is 18.2 Å². The molecule has 0 atom stereocenters. The number of hydrogen-bond acceptors (Lipinski definition) is 8. The first-order valence-electron chi connectivity index (χ1n) is 10.7. The minimum absolute atomic E-state index is 0.118. The number of hydrogen-bond donors (Lipinski definition) is 1. The number of allylic oxidation sites excluding steroid dienone is 2. The maximum atomic E-state index is 13.1. The van der Waals surface area contributed by atoms with E-state index in [9.17, 15) is 26.4 Å². The summed E-state index contributed by atoms with van der Waals surface area (Å²) in [6, 6.07) is 9.38. The number of esters is 1. The summed E-state index contributed by atoms with van der Waals surface area (Å²) in [7, 11) is -3.43. The van der Waals surface area contributed by atoms with Gasteiger partial charge in [-0.1, -0.05) is 26.0 Å². The second-order valence-electron chi connectivity index (χ2n) is 7.51. The molecule has 12 heteroatoms. The van der Waals surface area contributed by atoms with Crippen molar-refractivity contribution in [2.24, 2.45) is 10.7 Å². The number of alkyl halides is 3. The van der Waals surface area contributed by atoms with E-state index in [0.717, 1.165) is 30.7 Å². The molecule has 0 bridgehead atoms. The predicted molar refractivity (Wildman–Crippen MR) is 131 cm³/mol. The van der Waals surface area contributed by atoms with E-state index in [-0.39, 0.29) is 17.2 Å². The standard InChI is InChI=1S/C23H28F3N3O4S2/c1-4-29(5-2)11-12-33-22(30)15-28-18(14-21(27)23(24,25)26)20-10-9-19(34-20)16-7-6-8-17(13-16)35(3,31)32/h6-10,13-14H,4-5,11-12,15,27H2,1-3H3. The lowest BCUT2D eigenvalue weighted by Gasteiger charge is -2.17. The molecule has 1 aromatic carbocycles. The Labute approximate surface area is 207 Å². The second-order valence-corrected chi connectivity index (χ2v) is 10.6. The van der Waals surface area contributed by atoms with Crippen molar-refractivity contribution in [1.82, 2.24) is 4.90 Å². The van der Waals surface area contributed by atoms with Crippen LogP contribution in [0.4, 0.5) is 13.2 Å². The highest BCUT2D eigenvalue weighted by molar-refractivity contribution is 7.90. The molecule has 0 fully saturated rings. The van der Waals surface area contributed by atoms with Crippen molar-refractivity contribution >= 4 is 32.9 Å². The predicted octanol–water partition coefficient (Wildman–Crippen LogP) is 3.90. The highest BCUT2D eigenvalue weighted by Gasteiger charge is 2.32. The Balaban J connectivity index is 2.29. The quantitative estimate of drug-likeness (QED) is 0.349. The topological polar surface area (TPSA) is 102 Å². The third kappa shape index (κ3) is 8.79.